The third-order valence-electron chi connectivity index (χ3n) is 7.25. The maximum Gasteiger partial charge on any atom is 0.326 e. The van der Waals surface area contributed by atoms with Crippen molar-refractivity contribution in [2.45, 2.75) is 63.7 Å². The number of carboxylic acid groups (broad SMARTS) is 2. The number of para-hydroxylation sites is 1. The smallest absolute Gasteiger partial charge is 0.326 e. The summed E-state index contributed by atoms with van der Waals surface area (Å²) in [5, 5.41) is 36.9. The normalized spacial score (nSPS) is 14.6. The summed E-state index contributed by atoms with van der Waals surface area (Å²) in [5.74, 6) is -5.33. The summed E-state index contributed by atoms with van der Waals surface area (Å²) in [5.41, 5.74) is 7.75. The minimum atomic E-state index is -1.44. The summed E-state index contributed by atoms with van der Waals surface area (Å²) < 4.78 is 0. The van der Waals surface area contributed by atoms with Crippen LogP contribution in [0.5, 0.6) is 5.75 Å². The lowest BCUT2D eigenvalue weighted by atomic mass is 9.97. The molecule has 9 N–H and O–H groups in total. The van der Waals surface area contributed by atoms with Crippen molar-refractivity contribution in [1.82, 2.24) is 20.9 Å². The third kappa shape index (κ3) is 9.04. The number of H-pyrrole nitrogens is 1. The molecule has 0 aliphatic rings. The Labute approximate surface area is 247 Å². The molecule has 3 amide bonds. The van der Waals surface area contributed by atoms with E-state index in [-0.39, 0.29) is 18.6 Å². The van der Waals surface area contributed by atoms with Crippen LogP contribution in [-0.4, -0.2) is 74.1 Å². The Hall–Kier alpha value is -4.91. The lowest BCUT2D eigenvalue weighted by molar-refractivity contribution is -0.143. The van der Waals surface area contributed by atoms with Gasteiger partial charge in [0.25, 0.3) is 0 Å². The predicted molar refractivity (Wildman–Crippen MR) is 157 cm³/mol. The highest BCUT2D eigenvalue weighted by Gasteiger charge is 2.33. The Morgan fingerprint density at radius 2 is 1.47 bits per heavy atom. The van der Waals surface area contributed by atoms with Gasteiger partial charge in [-0.05, 0) is 35.2 Å². The van der Waals surface area contributed by atoms with Crippen molar-refractivity contribution in [1.29, 1.82) is 0 Å². The Bertz CT molecular complexity index is 1450. The number of aromatic hydroxyl groups is 1. The van der Waals surface area contributed by atoms with Crippen molar-refractivity contribution < 1.29 is 39.3 Å². The molecule has 230 valence electrons. The molecule has 0 radical (unpaired) electrons. The lowest BCUT2D eigenvalue weighted by Crippen LogP contribution is -2.58. The molecule has 0 bridgehead atoms. The highest BCUT2D eigenvalue weighted by molar-refractivity contribution is 5.95. The van der Waals surface area contributed by atoms with Crippen LogP contribution in [0.3, 0.4) is 0 Å². The summed E-state index contributed by atoms with van der Waals surface area (Å²) in [6.45, 7) is 3.49. The number of benzene rings is 2. The Morgan fingerprint density at radius 1 is 0.860 bits per heavy atom. The minimum Gasteiger partial charge on any atom is -0.508 e. The summed E-state index contributed by atoms with van der Waals surface area (Å²) in [6.07, 6.45) is 1.42. The highest BCUT2D eigenvalue weighted by Crippen LogP contribution is 2.20. The predicted octanol–water partition coefficient (Wildman–Crippen LogP) is 1.05. The number of carbonyl (C=O) groups is 5. The topological polar surface area (TPSA) is 224 Å². The molecule has 5 atom stereocenters. The standard InChI is InChI=1S/C30H37N5O8/c1-3-16(2)26(30(42)43)35-29(41)24(13-18-15-32-22-7-5-4-6-20(18)22)34-28(40)23(12-17-8-10-19(36)11-9-17)33-27(39)21(31)14-25(37)38/h4-11,15-16,21,23-24,26,32,36H,3,12-14,31H2,1-2H3,(H,33,39)(H,34,40)(H,35,41)(H,37,38)(H,42,43). The molecule has 3 aromatic rings. The van der Waals surface area contributed by atoms with Gasteiger partial charge in [0.15, 0.2) is 0 Å². The number of nitrogens with one attached hydrogen (secondary N) is 4. The number of phenolic OH excluding ortho intramolecular Hbond substituents is 1. The molecule has 0 aliphatic heterocycles. The van der Waals surface area contributed by atoms with E-state index < -0.39 is 66.2 Å². The second kappa shape index (κ2) is 14.8. The van der Waals surface area contributed by atoms with E-state index in [1.54, 1.807) is 32.2 Å². The van der Waals surface area contributed by atoms with E-state index in [2.05, 4.69) is 20.9 Å². The van der Waals surface area contributed by atoms with Crippen LogP contribution < -0.4 is 21.7 Å². The van der Waals surface area contributed by atoms with Crippen LogP contribution in [0.15, 0.2) is 54.7 Å². The van der Waals surface area contributed by atoms with Crippen molar-refractivity contribution in [3.05, 3.63) is 65.9 Å². The molecule has 0 saturated heterocycles. The fourth-order valence-corrected chi connectivity index (χ4v) is 4.58. The number of phenols is 1. The number of amides is 3. The molecule has 0 saturated carbocycles. The monoisotopic (exact) mass is 595 g/mol. The molecule has 2 aromatic carbocycles. The van der Waals surface area contributed by atoms with Gasteiger partial charge in [-0.1, -0.05) is 50.6 Å². The Balaban J connectivity index is 1.92. The number of rotatable bonds is 15. The molecule has 0 aliphatic carbocycles. The van der Waals surface area contributed by atoms with Crippen LogP contribution in [0, 0.1) is 5.92 Å². The molecule has 3 rings (SSSR count). The second-order valence-electron chi connectivity index (χ2n) is 10.5. The zero-order valence-electron chi connectivity index (χ0n) is 23.9. The van der Waals surface area contributed by atoms with Crippen molar-refractivity contribution in [2.75, 3.05) is 0 Å². The van der Waals surface area contributed by atoms with Gasteiger partial charge in [0.2, 0.25) is 17.7 Å². The van der Waals surface area contributed by atoms with Gasteiger partial charge in [-0.2, -0.15) is 0 Å². The van der Waals surface area contributed by atoms with Crippen LogP contribution in [0.25, 0.3) is 10.9 Å². The molecule has 43 heavy (non-hydrogen) atoms. The largest absolute Gasteiger partial charge is 0.508 e. The van der Waals surface area contributed by atoms with Crippen LogP contribution in [0.1, 0.15) is 37.8 Å². The van der Waals surface area contributed by atoms with Gasteiger partial charge in [0.1, 0.15) is 23.9 Å². The summed E-state index contributed by atoms with van der Waals surface area (Å²) >= 11 is 0. The van der Waals surface area contributed by atoms with E-state index in [0.717, 1.165) is 10.9 Å². The molecule has 1 heterocycles. The van der Waals surface area contributed by atoms with Gasteiger partial charge >= 0.3 is 11.9 Å². The van der Waals surface area contributed by atoms with Crippen LogP contribution in [-0.2, 0) is 36.8 Å². The molecule has 5 unspecified atom stereocenters. The van der Waals surface area contributed by atoms with E-state index in [4.69, 9.17) is 10.8 Å². The van der Waals surface area contributed by atoms with Crippen molar-refractivity contribution in [2.24, 2.45) is 11.7 Å². The summed E-state index contributed by atoms with van der Waals surface area (Å²) in [4.78, 5) is 66.1. The fourth-order valence-electron chi connectivity index (χ4n) is 4.58. The Kier molecular flexibility index (Phi) is 11.2. The van der Waals surface area contributed by atoms with E-state index >= 15 is 0 Å². The lowest BCUT2D eigenvalue weighted by Gasteiger charge is -2.26. The number of hydrogen-bond donors (Lipinski definition) is 8. The molecule has 13 heteroatoms. The molecule has 0 spiro atoms. The highest BCUT2D eigenvalue weighted by atomic mass is 16.4. The number of fused-ring (bicyclic) bond motifs is 1. The minimum absolute atomic E-state index is 0.00711. The molecule has 1 aromatic heterocycles. The third-order valence-corrected chi connectivity index (χ3v) is 7.25. The van der Waals surface area contributed by atoms with Crippen LogP contribution in [0.4, 0.5) is 0 Å². The van der Waals surface area contributed by atoms with Gasteiger partial charge in [0.05, 0.1) is 12.5 Å². The van der Waals surface area contributed by atoms with Gasteiger partial charge in [0, 0.05) is 29.9 Å². The summed E-state index contributed by atoms with van der Waals surface area (Å²) in [6, 6.07) is 8.04. The fraction of sp³-hybridized carbons (Fsp3) is 0.367. The average Bonchev–Trinajstić information content (AvgIpc) is 3.37. The zero-order valence-corrected chi connectivity index (χ0v) is 23.9. The Morgan fingerprint density at radius 3 is 2.09 bits per heavy atom. The zero-order chi connectivity index (χ0) is 31.7. The quantitative estimate of drug-likeness (QED) is 0.125. The van der Waals surface area contributed by atoms with Gasteiger partial charge < -0.3 is 42.0 Å². The van der Waals surface area contributed by atoms with Gasteiger partial charge in [-0.15, -0.1) is 0 Å². The van der Waals surface area contributed by atoms with E-state index in [1.807, 2.05) is 24.3 Å². The SMILES string of the molecule is CCC(C)C(NC(=O)C(Cc1c[nH]c2ccccc12)NC(=O)C(Cc1ccc(O)cc1)NC(=O)C(N)CC(=O)O)C(=O)O. The number of carbonyl (C=O) groups excluding carboxylic acids is 3. The molecule has 13 nitrogen and oxygen atoms in total. The molecular weight excluding hydrogens is 558 g/mol. The second-order valence-corrected chi connectivity index (χ2v) is 10.5. The number of aromatic nitrogens is 1. The number of aliphatic carboxylic acids is 2. The van der Waals surface area contributed by atoms with Crippen molar-refractivity contribution >= 4 is 40.6 Å². The molecular formula is C30H37N5O8. The van der Waals surface area contributed by atoms with Crippen LogP contribution >= 0.6 is 0 Å². The maximum absolute atomic E-state index is 13.7. The maximum atomic E-state index is 13.7. The summed E-state index contributed by atoms with van der Waals surface area (Å²) in [7, 11) is 0. The van der Waals surface area contributed by atoms with Crippen molar-refractivity contribution in [3.8, 4) is 5.75 Å². The van der Waals surface area contributed by atoms with Crippen molar-refractivity contribution in [3.63, 3.8) is 0 Å². The number of carboxylic acids is 2. The number of hydrogen-bond acceptors (Lipinski definition) is 7. The average molecular weight is 596 g/mol. The number of aromatic amines is 1. The van der Waals surface area contributed by atoms with Gasteiger partial charge in [-0.25, -0.2) is 4.79 Å². The van der Waals surface area contributed by atoms with Crippen LogP contribution in [0.2, 0.25) is 0 Å². The first kappa shape index (κ1) is 32.6. The van der Waals surface area contributed by atoms with Gasteiger partial charge in [-0.3, -0.25) is 19.2 Å². The van der Waals surface area contributed by atoms with E-state index in [0.29, 0.717) is 17.5 Å². The first-order chi connectivity index (χ1) is 20.4. The van der Waals surface area contributed by atoms with E-state index in [9.17, 15) is 34.2 Å². The first-order valence-corrected chi connectivity index (χ1v) is 13.8. The number of nitrogens with two attached hydrogens (primary N) is 1. The first-order valence-electron chi connectivity index (χ1n) is 13.8. The molecule has 0 fully saturated rings. The van der Waals surface area contributed by atoms with E-state index in [1.165, 1.54) is 12.1 Å².